The molecule has 0 atom stereocenters. The number of ether oxygens (including phenoxy) is 1. The number of pyridine rings is 2. The van der Waals surface area contributed by atoms with Crippen LogP contribution in [0.2, 0.25) is 0 Å². The van der Waals surface area contributed by atoms with Crippen LogP contribution < -0.4 is 10.1 Å². The molecule has 0 radical (unpaired) electrons. The highest BCUT2D eigenvalue weighted by Crippen LogP contribution is 2.26. The van der Waals surface area contributed by atoms with E-state index in [9.17, 15) is 4.39 Å². The molecule has 6 heteroatoms. The van der Waals surface area contributed by atoms with Gasteiger partial charge < -0.3 is 10.1 Å². The number of rotatable bonds is 4. The summed E-state index contributed by atoms with van der Waals surface area (Å²) < 4.78 is 19.7. The number of nitrogens with one attached hydrogen (secondary N) is 1. The Balaban J connectivity index is 1.77. The van der Waals surface area contributed by atoms with Gasteiger partial charge in [0, 0.05) is 28.1 Å². The molecule has 0 unspecified atom stereocenters. The highest BCUT2D eigenvalue weighted by molar-refractivity contribution is 14.1. The van der Waals surface area contributed by atoms with E-state index in [-0.39, 0.29) is 5.82 Å². The minimum atomic E-state index is -0.305. The van der Waals surface area contributed by atoms with Crippen molar-refractivity contribution in [2.45, 2.75) is 0 Å². The molecule has 2 aromatic heterocycles. The van der Waals surface area contributed by atoms with E-state index < -0.39 is 0 Å². The summed E-state index contributed by atoms with van der Waals surface area (Å²) in [5.41, 5.74) is 0.826. The summed E-state index contributed by atoms with van der Waals surface area (Å²) in [5, 5.41) is 3.12. The molecular formula is C16H11FIN3O. The Morgan fingerprint density at radius 3 is 2.68 bits per heavy atom. The van der Waals surface area contributed by atoms with Crippen LogP contribution in [0.15, 0.2) is 61.1 Å². The monoisotopic (exact) mass is 407 g/mol. The summed E-state index contributed by atoms with van der Waals surface area (Å²) >= 11 is 1.93. The second-order valence-corrected chi connectivity index (χ2v) is 5.58. The topological polar surface area (TPSA) is 47.0 Å². The van der Waals surface area contributed by atoms with E-state index in [4.69, 9.17) is 4.74 Å². The van der Waals surface area contributed by atoms with Crippen molar-refractivity contribution in [1.82, 2.24) is 9.97 Å². The molecule has 0 aliphatic carbocycles. The lowest BCUT2D eigenvalue weighted by atomic mass is 10.3. The van der Waals surface area contributed by atoms with Crippen LogP contribution in [0.25, 0.3) is 0 Å². The molecule has 3 aromatic rings. The Hall–Kier alpha value is -2.22. The fourth-order valence-corrected chi connectivity index (χ4v) is 2.14. The summed E-state index contributed by atoms with van der Waals surface area (Å²) in [4.78, 5) is 8.24. The van der Waals surface area contributed by atoms with Gasteiger partial charge in [0.25, 0.3) is 0 Å². The molecule has 3 rings (SSSR count). The fourth-order valence-electron chi connectivity index (χ4n) is 1.80. The zero-order chi connectivity index (χ0) is 15.4. The third-order valence-electron chi connectivity index (χ3n) is 2.79. The fraction of sp³-hybridized carbons (Fsp3) is 0. The number of hydrogen-bond acceptors (Lipinski definition) is 4. The summed E-state index contributed by atoms with van der Waals surface area (Å²) in [6, 6.07) is 11.9. The van der Waals surface area contributed by atoms with Gasteiger partial charge in [-0.2, -0.15) is 0 Å². The van der Waals surface area contributed by atoms with E-state index in [1.807, 2.05) is 34.7 Å². The van der Waals surface area contributed by atoms with E-state index in [1.165, 1.54) is 6.07 Å². The third kappa shape index (κ3) is 3.70. The molecule has 0 aliphatic rings. The van der Waals surface area contributed by atoms with Crippen molar-refractivity contribution < 1.29 is 9.13 Å². The molecule has 2 heterocycles. The van der Waals surface area contributed by atoms with Crippen LogP contribution in [0.4, 0.5) is 15.9 Å². The first-order valence-electron chi connectivity index (χ1n) is 6.47. The number of halogens is 2. The molecule has 0 amide bonds. The van der Waals surface area contributed by atoms with Gasteiger partial charge in [-0.1, -0.05) is 0 Å². The van der Waals surface area contributed by atoms with Crippen LogP contribution >= 0.6 is 22.6 Å². The Bertz CT molecular complexity index is 783. The van der Waals surface area contributed by atoms with Crippen LogP contribution in [0.3, 0.4) is 0 Å². The first-order valence-corrected chi connectivity index (χ1v) is 7.54. The average Bonchev–Trinajstić information content (AvgIpc) is 2.52. The van der Waals surface area contributed by atoms with Crippen molar-refractivity contribution in [3.63, 3.8) is 0 Å². The highest BCUT2D eigenvalue weighted by atomic mass is 127. The van der Waals surface area contributed by atoms with Gasteiger partial charge in [0.2, 0.25) is 0 Å². The molecule has 0 saturated heterocycles. The van der Waals surface area contributed by atoms with Crippen LogP contribution in [-0.2, 0) is 0 Å². The normalized spacial score (nSPS) is 10.3. The molecule has 0 fully saturated rings. The molecular weight excluding hydrogens is 396 g/mol. The minimum Gasteiger partial charge on any atom is -0.457 e. The smallest absolute Gasteiger partial charge is 0.140 e. The molecule has 4 nitrogen and oxygen atoms in total. The van der Waals surface area contributed by atoms with Gasteiger partial charge in [-0.25, -0.2) is 9.37 Å². The lowest BCUT2D eigenvalue weighted by Gasteiger charge is -2.09. The van der Waals surface area contributed by atoms with Crippen molar-refractivity contribution in [2.24, 2.45) is 0 Å². The summed E-state index contributed by atoms with van der Waals surface area (Å²) in [7, 11) is 0. The van der Waals surface area contributed by atoms with E-state index in [2.05, 4.69) is 15.3 Å². The maximum absolute atomic E-state index is 13.5. The molecule has 0 saturated carbocycles. The highest BCUT2D eigenvalue weighted by Gasteiger charge is 2.04. The van der Waals surface area contributed by atoms with Crippen molar-refractivity contribution in [1.29, 1.82) is 0 Å². The third-order valence-corrected chi connectivity index (χ3v) is 3.67. The van der Waals surface area contributed by atoms with Gasteiger partial charge >= 0.3 is 0 Å². The van der Waals surface area contributed by atoms with Crippen LogP contribution in [0.5, 0.6) is 11.5 Å². The SMILES string of the molecule is Fc1cc(Oc2ccnc(Nc3cccnc3)c2)ccc1I. The quantitative estimate of drug-likeness (QED) is 0.634. The molecule has 22 heavy (non-hydrogen) atoms. The predicted octanol–water partition coefficient (Wildman–Crippen LogP) is 4.76. The van der Waals surface area contributed by atoms with E-state index in [0.717, 1.165) is 5.69 Å². The zero-order valence-electron chi connectivity index (χ0n) is 11.3. The van der Waals surface area contributed by atoms with Crippen molar-refractivity contribution in [2.75, 3.05) is 5.32 Å². The molecule has 0 aliphatic heterocycles. The van der Waals surface area contributed by atoms with Gasteiger partial charge in [0.15, 0.2) is 0 Å². The standard InChI is InChI=1S/C16H11FIN3O/c17-14-8-12(3-4-15(14)18)22-13-5-7-20-16(9-13)21-11-2-1-6-19-10-11/h1-10H,(H,20,21). The first kappa shape index (κ1) is 14.7. The summed E-state index contributed by atoms with van der Waals surface area (Å²) in [6.07, 6.45) is 5.02. The molecule has 110 valence electrons. The first-order chi connectivity index (χ1) is 10.7. The van der Waals surface area contributed by atoms with Crippen molar-refractivity contribution in [3.8, 4) is 11.5 Å². The van der Waals surface area contributed by atoms with Crippen LogP contribution in [-0.4, -0.2) is 9.97 Å². The molecule has 0 bridgehead atoms. The Labute approximate surface area is 140 Å². The Kier molecular flexibility index (Phi) is 4.47. The summed E-state index contributed by atoms with van der Waals surface area (Å²) in [6.45, 7) is 0. The summed E-state index contributed by atoms with van der Waals surface area (Å²) in [5.74, 6) is 1.33. The average molecular weight is 407 g/mol. The predicted molar refractivity (Wildman–Crippen MR) is 90.9 cm³/mol. The van der Waals surface area contributed by atoms with Crippen LogP contribution in [0, 0.1) is 9.39 Å². The maximum atomic E-state index is 13.5. The number of anilines is 2. The van der Waals surface area contributed by atoms with Gasteiger partial charge in [-0.05, 0) is 52.9 Å². The molecule has 1 N–H and O–H groups in total. The van der Waals surface area contributed by atoms with E-state index >= 15 is 0 Å². The lowest BCUT2D eigenvalue weighted by molar-refractivity contribution is 0.476. The van der Waals surface area contributed by atoms with Gasteiger partial charge in [-0.3, -0.25) is 4.98 Å². The van der Waals surface area contributed by atoms with E-state index in [0.29, 0.717) is 20.9 Å². The lowest BCUT2D eigenvalue weighted by Crippen LogP contribution is -1.94. The molecule has 0 spiro atoms. The maximum Gasteiger partial charge on any atom is 0.140 e. The number of benzene rings is 1. The van der Waals surface area contributed by atoms with Crippen LogP contribution in [0.1, 0.15) is 0 Å². The number of nitrogens with zero attached hydrogens (tertiary/aromatic N) is 2. The zero-order valence-corrected chi connectivity index (χ0v) is 13.5. The molecule has 1 aromatic carbocycles. The Morgan fingerprint density at radius 2 is 1.91 bits per heavy atom. The van der Waals surface area contributed by atoms with Crippen molar-refractivity contribution in [3.05, 3.63) is 70.4 Å². The number of aromatic nitrogens is 2. The number of hydrogen-bond donors (Lipinski definition) is 1. The van der Waals surface area contributed by atoms with Crippen molar-refractivity contribution >= 4 is 34.1 Å². The second-order valence-electron chi connectivity index (χ2n) is 4.42. The van der Waals surface area contributed by atoms with Gasteiger partial charge in [-0.15, -0.1) is 0 Å². The Morgan fingerprint density at radius 1 is 1.05 bits per heavy atom. The minimum absolute atomic E-state index is 0.305. The second kappa shape index (κ2) is 6.69. The van der Waals surface area contributed by atoms with Gasteiger partial charge in [0.1, 0.15) is 23.1 Å². The van der Waals surface area contributed by atoms with Gasteiger partial charge in [0.05, 0.1) is 11.9 Å². The van der Waals surface area contributed by atoms with E-state index in [1.54, 1.807) is 42.9 Å². The largest absolute Gasteiger partial charge is 0.457 e.